The van der Waals surface area contributed by atoms with E-state index in [4.69, 9.17) is 10.5 Å². The van der Waals surface area contributed by atoms with Gasteiger partial charge in [-0.1, -0.05) is 51.1 Å². The number of benzene rings is 1. The highest BCUT2D eigenvalue weighted by Gasteiger charge is 2.37. The van der Waals surface area contributed by atoms with Crippen LogP contribution in [0.15, 0.2) is 30.3 Å². The number of hydrogen-bond acceptors (Lipinski definition) is 4. The first-order valence-corrected chi connectivity index (χ1v) is 8.60. The minimum absolute atomic E-state index is 0.339. The monoisotopic (exact) mass is 309 g/mol. The van der Waals surface area contributed by atoms with Gasteiger partial charge in [0.05, 0.1) is 6.61 Å². The second-order valence-corrected chi connectivity index (χ2v) is 7.11. The van der Waals surface area contributed by atoms with Crippen LogP contribution in [0.1, 0.15) is 39.7 Å². The summed E-state index contributed by atoms with van der Waals surface area (Å²) in [4.78, 5) is 12.3. The molecule has 0 aliphatic carbocycles. The number of nitrogens with two attached hydrogens (primary N) is 1. The number of carbonyl (C=O) groups is 1. The highest BCUT2D eigenvalue weighted by molar-refractivity contribution is 7.99. The molecule has 2 unspecified atom stereocenters. The minimum Gasteiger partial charge on any atom is -0.464 e. The average Bonchev–Trinajstić information content (AvgIpc) is 2.47. The number of ether oxygens (including phenoxy) is 1. The molecule has 1 rings (SSSR count). The zero-order chi connectivity index (χ0) is 15.9. The van der Waals surface area contributed by atoms with E-state index in [1.807, 2.05) is 42.1 Å². The largest absolute Gasteiger partial charge is 0.464 e. The zero-order valence-corrected chi connectivity index (χ0v) is 14.3. The number of hydrogen-bond donors (Lipinski definition) is 1. The van der Waals surface area contributed by atoms with Gasteiger partial charge in [-0.15, -0.1) is 0 Å². The summed E-state index contributed by atoms with van der Waals surface area (Å²) in [6.07, 6.45) is 0.581. The van der Waals surface area contributed by atoms with Gasteiger partial charge in [0.1, 0.15) is 5.54 Å². The van der Waals surface area contributed by atoms with Crippen LogP contribution in [0.25, 0.3) is 0 Å². The standard InChI is InChI=1S/C17H27NO2S/c1-5-20-16(19)17(18,15-9-7-6-8-10-15)11-12-21-14(4)13(2)3/h6-10,13-14H,5,11-12,18H2,1-4H3. The molecule has 0 aliphatic rings. The van der Waals surface area contributed by atoms with Crippen molar-refractivity contribution in [3.8, 4) is 0 Å². The van der Waals surface area contributed by atoms with E-state index in [0.717, 1.165) is 11.3 Å². The summed E-state index contributed by atoms with van der Waals surface area (Å²) in [6, 6.07) is 9.52. The molecule has 2 N–H and O–H groups in total. The molecular weight excluding hydrogens is 282 g/mol. The van der Waals surface area contributed by atoms with Crippen molar-refractivity contribution in [2.45, 2.75) is 44.9 Å². The Hall–Kier alpha value is -1.00. The fraction of sp³-hybridized carbons (Fsp3) is 0.588. The molecule has 3 nitrogen and oxygen atoms in total. The Bertz CT molecular complexity index is 436. The van der Waals surface area contributed by atoms with Crippen LogP contribution in [0.2, 0.25) is 0 Å². The molecular formula is C17H27NO2S. The van der Waals surface area contributed by atoms with Gasteiger partial charge in [0.25, 0.3) is 0 Å². The summed E-state index contributed by atoms with van der Waals surface area (Å²) in [7, 11) is 0. The predicted octanol–water partition coefficient (Wildman–Crippen LogP) is 3.57. The van der Waals surface area contributed by atoms with E-state index >= 15 is 0 Å². The SMILES string of the molecule is CCOC(=O)C(N)(CCSC(C)C(C)C)c1ccccc1. The first kappa shape index (κ1) is 18.1. The number of thioether (sulfide) groups is 1. The Morgan fingerprint density at radius 1 is 1.29 bits per heavy atom. The summed E-state index contributed by atoms with van der Waals surface area (Å²) >= 11 is 1.85. The van der Waals surface area contributed by atoms with E-state index in [1.54, 1.807) is 6.92 Å². The first-order valence-electron chi connectivity index (χ1n) is 7.55. The van der Waals surface area contributed by atoms with Crippen molar-refractivity contribution in [2.24, 2.45) is 11.7 Å². The van der Waals surface area contributed by atoms with Crippen molar-refractivity contribution in [2.75, 3.05) is 12.4 Å². The lowest BCUT2D eigenvalue weighted by Gasteiger charge is -2.28. The van der Waals surface area contributed by atoms with Gasteiger partial charge in [0, 0.05) is 5.25 Å². The maximum atomic E-state index is 12.3. The molecule has 2 atom stereocenters. The fourth-order valence-electron chi connectivity index (χ4n) is 1.96. The van der Waals surface area contributed by atoms with Crippen LogP contribution in [-0.2, 0) is 15.1 Å². The van der Waals surface area contributed by atoms with Crippen LogP contribution in [0.5, 0.6) is 0 Å². The van der Waals surface area contributed by atoms with Crippen molar-refractivity contribution < 1.29 is 9.53 Å². The third-order valence-corrected chi connectivity index (χ3v) is 5.25. The lowest BCUT2D eigenvalue weighted by molar-refractivity contribution is -0.150. The maximum absolute atomic E-state index is 12.3. The van der Waals surface area contributed by atoms with Crippen molar-refractivity contribution in [3.05, 3.63) is 35.9 Å². The van der Waals surface area contributed by atoms with Crippen LogP contribution in [0.3, 0.4) is 0 Å². The van der Waals surface area contributed by atoms with Crippen molar-refractivity contribution in [1.29, 1.82) is 0 Å². The topological polar surface area (TPSA) is 52.3 Å². The molecule has 0 heterocycles. The molecule has 0 fully saturated rings. The maximum Gasteiger partial charge on any atom is 0.330 e. The normalized spacial score (nSPS) is 15.5. The third-order valence-electron chi connectivity index (χ3n) is 3.74. The van der Waals surface area contributed by atoms with Crippen molar-refractivity contribution in [1.82, 2.24) is 0 Å². The Kier molecular flexibility index (Phi) is 7.26. The lowest BCUT2D eigenvalue weighted by Crippen LogP contribution is -2.46. The van der Waals surface area contributed by atoms with Gasteiger partial charge in [-0.05, 0) is 30.6 Å². The molecule has 0 aromatic heterocycles. The number of carbonyl (C=O) groups excluding carboxylic acids is 1. The van der Waals surface area contributed by atoms with Crippen LogP contribution >= 0.6 is 11.8 Å². The average molecular weight is 309 g/mol. The molecule has 4 heteroatoms. The van der Waals surface area contributed by atoms with Gasteiger partial charge in [-0.2, -0.15) is 11.8 Å². The first-order chi connectivity index (χ1) is 9.91. The minimum atomic E-state index is -1.05. The van der Waals surface area contributed by atoms with Crippen LogP contribution in [0.4, 0.5) is 0 Å². The Balaban J connectivity index is 2.81. The Morgan fingerprint density at radius 2 is 1.90 bits per heavy atom. The van der Waals surface area contributed by atoms with E-state index in [1.165, 1.54) is 0 Å². The van der Waals surface area contributed by atoms with Crippen LogP contribution in [0, 0.1) is 5.92 Å². The quantitative estimate of drug-likeness (QED) is 0.746. The summed E-state index contributed by atoms with van der Waals surface area (Å²) in [5, 5.41) is 0.548. The molecule has 21 heavy (non-hydrogen) atoms. The lowest BCUT2D eigenvalue weighted by atomic mass is 9.88. The molecule has 0 amide bonds. The second-order valence-electron chi connectivity index (χ2n) is 5.63. The molecule has 1 aromatic carbocycles. The fourth-order valence-corrected chi connectivity index (χ4v) is 3.15. The summed E-state index contributed by atoms with van der Waals surface area (Å²) < 4.78 is 5.19. The van der Waals surface area contributed by atoms with Crippen molar-refractivity contribution >= 4 is 17.7 Å². The Morgan fingerprint density at radius 3 is 2.43 bits per heavy atom. The molecule has 0 aliphatic heterocycles. The predicted molar refractivity (Wildman–Crippen MR) is 90.3 cm³/mol. The van der Waals surface area contributed by atoms with Gasteiger partial charge in [-0.3, -0.25) is 0 Å². The summed E-state index contributed by atoms with van der Waals surface area (Å²) in [5.74, 6) is 1.11. The molecule has 118 valence electrons. The van der Waals surface area contributed by atoms with E-state index in [-0.39, 0.29) is 5.97 Å². The van der Waals surface area contributed by atoms with E-state index in [9.17, 15) is 4.79 Å². The highest BCUT2D eigenvalue weighted by Crippen LogP contribution is 2.28. The molecule has 0 radical (unpaired) electrons. The second kappa shape index (κ2) is 8.44. The number of rotatable bonds is 8. The van der Waals surface area contributed by atoms with E-state index in [0.29, 0.717) is 24.2 Å². The van der Waals surface area contributed by atoms with Gasteiger partial charge in [0.15, 0.2) is 0 Å². The number of esters is 1. The molecule has 1 aromatic rings. The Labute approximate surface area is 132 Å². The van der Waals surface area contributed by atoms with Gasteiger partial charge in [0.2, 0.25) is 0 Å². The van der Waals surface area contributed by atoms with Gasteiger partial charge in [-0.25, -0.2) is 4.79 Å². The molecule has 0 saturated carbocycles. The van der Waals surface area contributed by atoms with Crippen molar-refractivity contribution in [3.63, 3.8) is 0 Å². The zero-order valence-electron chi connectivity index (χ0n) is 13.5. The molecule has 0 spiro atoms. The third kappa shape index (κ3) is 5.04. The van der Waals surface area contributed by atoms with Gasteiger partial charge < -0.3 is 10.5 Å². The molecule has 0 saturated heterocycles. The van der Waals surface area contributed by atoms with E-state index in [2.05, 4.69) is 20.8 Å². The van der Waals surface area contributed by atoms with E-state index < -0.39 is 5.54 Å². The molecule has 0 bridgehead atoms. The highest BCUT2D eigenvalue weighted by atomic mass is 32.2. The van der Waals surface area contributed by atoms with Crippen LogP contribution in [-0.4, -0.2) is 23.6 Å². The summed E-state index contributed by atoms with van der Waals surface area (Å²) in [6.45, 7) is 8.77. The smallest absolute Gasteiger partial charge is 0.330 e. The van der Waals surface area contributed by atoms with Crippen LogP contribution < -0.4 is 5.73 Å². The summed E-state index contributed by atoms with van der Waals surface area (Å²) in [5.41, 5.74) is 6.19. The van der Waals surface area contributed by atoms with Gasteiger partial charge >= 0.3 is 5.97 Å².